The highest BCUT2D eigenvalue weighted by Crippen LogP contribution is 2.35. The summed E-state index contributed by atoms with van der Waals surface area (Å²) < 4.78 is 48.4. The highest BCUT2D eigenvalue weighted by Gasteiger charge is 2.34. The molecule has 0 atom stereocenters. The molecule has 0 saturated carbocycles. The number of ether oxygens (including phenoxy) is 1. The summed E-state index contributed by atoms with van der Waals surface area (Å²) in [5.74, 6) is -0.0607. The van der Waals surface area contributed by atoms with E-state index in [0.717, 1.165) is 19.2 Å². The van der Waals surface area contributed by atoms with Gasteiger partial charge in [-0.15, -0.1) is 0 Å². The van der Waals surface area contributed by atoms with Crippen LogP contribution < -0.4 is 15.4 Å². The number of pyridine rings is 1. The molecule has 1 aromatic heterocycles. The van der Waals surface area contributed by atoms with Crippen LogP contribution in [0.25, 0.3) is 0 Å². The molecule has 45 heavy (non-hydrogen) atoms. The van der Waals surface area contributed by atoms with Crippen LogP contribution in [0.15, 0.2) is 82.7 Å². The van der Waals surface area contributed by atoms with E-state index in [-0.39, 0.29) is 46.7 Å². The van der Waals surface area contributed by atoms with Gasteiger partial charge in [-0.2, -0.15) is 18.2 Å². The third-order valence-corrected chi connectivity index (χ3v) is 7.46. The maximum atomic E-state index is 14.1. The van der Waals surface area contributed by atoms with Crippen molar-refractivity contribution in [3.05, 3.63) is 101 Å². The van der Waals surface area contributed by atoms with E-state index in [1.807, 2.05) is 11.9 Å². The van der Waals surface area contributed by atoms with E-state index in [9.17, 15) is 18.0 Å². The number of benzene rings is 2. The fourth-order valence-corrected chi connectivity index (χ4v) is 4.89. The molecule has 2 aromatic carbocycles. The maximum absolute atomic E-state index is 14.1. The van der Waals surface area contributed by atoms with Crippen molar-refractivity contribution in [1.29, 1.82) is 5.41 Å². The molecule has 0 unspecified atom stereocenters. The Morgan fingerprint density at radius 3 is 2.47 bits per heavy atom. The summed E-state index contributed by atoms with van der Waals surface area (Å²) in [6.07, 6.45) is 0.118. The highest BCUT2D eigenvalue weighted by atomic mass is 19.4. The number of hydrogen-bond acceptors (Lipinski definition) is 8. The lowest BCUT2D eigenvalue weighted by atomic mass is 10.0. The first kappa shape index (κ1) is 31.5. The number of aromatic nitrogens is 1. The molecule has 0 aliphatic carbocycles. The molecule has 0 radical (unpaired) electrons. The van der Waals surface area contributed by atoms with Gasteiger partial charge >= 0.3 is 6.18 Å². The van der Waals surface area contributed by atoms with Crippen LogP contribution in [0.5, 0.6) is 5.75 Å². The zero-order valence-corrected chi connectivity index (χ0v) is 25.1. The van der Waals surface area contributed by atoms with Crippen molar-refractivity contribution in [1.82, 2.24) is 20.1 Å². The van der Waals surface area contributed by atoms with Crippen LogP contribution in [0.2, 0.25) is 0 Å². The lowest BCUT2D eigenvalue weighted by Gasteiger charge is -2.33. The van der Waals surface area contributed by atoms with Crippen molar-refractivity contribution in [2.24, 2.45) is 9.98 Å². The van der Waals surface area contributed by atoms with Gasteiger partial charge in [-0.25, -0.2) is 4.99 Å². The van der Waals surface area contributed by atoms with Gasteiger partial charge in [0.15, 0.2) is 11.7 Å². The molecule has 10 nitrogen and oxygen atoms in total. The number of halogens is 3. The Balaban J connectivity index is 1.37. The van der Waals surface area contributed by atoms with Crippen molar-refractivity contribution in [3.63, 3.8) is 0 Å². The van der Waals surface area contributed by atoms with Crippen LogP contribution in [-0.4, -0.2) is 78.5 Å². The van der Waals surface area contributed by atoms with E-state index in [4.69, 9.17) is 10.1 Å². The minimum Gasteiger partial charge on any atom is -0.438 e. The van der Waals surface area contributed by atoms with E-state index in [1.165, 1.54) is 24.4 Å². The topological polar surface area (TPSA) is 118 Å². The van der Waals surface area contributed by atoms with Gasteiger partial charge < -0.3 is 20.3 Å². The summed E-state index contributed by atoms with van der Waals surface area (Å²) in [6, 6.07) is 12.0. The van der Waals surface area contributed by atoms with Crippen molar-refractivity contribution in [3.8, 4) is 5.75 Å². The van der Waals surface area contributed by atoms with E-state index >= 15 is 0 Å². The second-order valence-corrected chi connectivity index (χ2v) is 10.8. The maximum Gasteiger partial charge on any atom is 0.416 e. The number of amides is 1. The van der Waals surface area contributed by atoms with Crippen molar-refractivity contribution >= 4 is 29.2 Å². The number of piperazine rings is 1. The zero-order valence-electron chi connectivity index (χ0n) is 25.1. The van der Waals surface area contributed by atoms with Gasteiger partial charge in [0.1, 0.15) is 5.75 Å². The molecule has 2 aliphatic heterocycles. The second-order valence-electron chi connectivity index (χ2n) is 10.8. The van der Waals surface area contributed by atoms with Gasteiger partial charge in [0.25, 0.3) is 5.91 Å². The largest absolute Gasteiger partial charge is 0.438 e. The van der Waals surface area contributed by atoms with Gasteiger partial charge in [0.2, 0.25) is 5.90 Å². The number of amidine groups is 2. The number of alkyl halides is 3. The fraction of sp³-hybridized carbons (Fsp3) is 0.281. The minimum atomic E-state index is -4.58. The Morgan fingerprint density at radius 2 is 1.78 bits per heavy atom. The van der Waals surface area contributed by atoms with E-state index in [0.29, 0.717) is 29.8 Å². The molecule has 2 aliphatic rings. The van der Waals surface area contributed by atoms with Crippen molar-refractivity contribution in [2.75, 3.05) is 45.6 Å². The van der Waals surface area contributed by atoms with E-state index < -0.39 is 17.6 Å². The summed E-state index contributed by atoms with van der Waals surface area (Å²) in [5, 5.41) is 13.9. The summed E-state index contributed by atoms with van der Waals surface area (Å²) >= 11 is 0. The average Bonchev–Trinajstić information content (AvgIpc) is 3.01. The molecular weight excluding hydrogens is 585 g/mol. The molecule has 3 N–H and O–H groups in total. The number of carbonyl (C=O) groups excluding carboxylic acids is 1. The van der Waals surface area contributed by atoms with Crippen molar-refractivity contribution < 1.29 is 22.7 Å². The predicted octanol–water partition coefficient (Wildman–Crippen LogP) is 4.73. The van der Waals surface area contributed by atoms with Crippen LogP contribution >= 0.6 is 0 Å². The van der Waals surface area contributed by atoms with Gasteiger partial charge in [-0.1, -0.05) is 12.1 Å². The van der Waals surface area contributed by atoms with Crippen LogP contribution in [-0.2, 0) is 12.7 Å². The summed E-state index contributed by atoms with van der Waals surface area (Å²) in [5.41, 5.74) is 1.18. The second kappa shape index (κ2) is 13.4. The number of nitrogens with one attached hydrogen (secondary N) is 3. The Labute approximate surface area is 258 Å². The number of anilines is 1. The number of aliphatic imine (C=N–C) groups is 2. The Bertz CT molecular complexity index is 1680. The van der Waals surface area contributed by atoms with Gasteiger partial charge in [-0.3, -0.25) is 20.1 Å². The Morgan fingerprint density at radius 1 is 1.04 bits per heavy atom. The van der Waals surface area contributed by atoms with Crippen LogP contribution in [0.4, 0.5) is 18.9 Å². The number of aryl methyl sites for hydroxylation is 1. The lowest BCUT2D eigenvalue weighted by Crippen LogP contribution is -2.44. The molecule has 13 heteroatoms. The zero-order chi connectivity index (χ0) is 32.1. The van der Waals surface area contributed by atoms with Crippen LogP contribution in [0.3, 0.4) is 0 Å². The smallest absolute Gasteiger partial charge is 0.416 e. The number of carbonyl (C=O) groups is 1. The molecule has 1 saturated heterocycles. The number of nitrogens with zero attached hydrogens (tertiary/aromatic N) is 5. The normalized spacial score (nSPS) is 17.1. The molecule has 1 fully saturated rings. The van der Waals surface area contributed by atoms with Crippen LogP contribution in [0, 0.1) is 12.3 Å². The Hall–Kier alpha value is -4.88. The monoisotopic (exact) mass is 618 g/mol. The predicted molar refractivity (Wildman–Crippen MR) is 167 cm³/mol. The average molecular weight is 619 g/mol. The number of likely N-dealkylation sites (N-methyl/N-ethyl adjacent to an activating group) is 1. The van der Waals surface area contributed by atoms with E-state index in [2.05, 4.69) is 30.5 Å². The molecule has 1 amide bonds. The minimum absolute atomic E-state index is 0.0278. The molecule has 3 heterocycles. The molecule has 0 bridgehead atoms. The standard InChI is InChI=1S/C32H33F3N8O2/c1-20-4-5-22(16-27(20)45-31-25(18-37-2)28(36)40-29(41-31)21-8-10-38-11-9-21)30(44)39-24-7-6-23(26(17-24)32(33,34)35)19-43-14-12-42(3)13-15-43/h4-11,16-18,36-37H,12-15,19H2,1-3H3,(H,39,44)/b25-18+,36-28?. The third-order valence-electron chi connectivity index (χ3n) is 7.46. The number of hydrogen-bond donors (Lipinski definition) is 3. The van der Waals surface area contributed by atoms with Crippen LogP contribution in [0.1, 0.15) is 32.6 Å². The molecule has 5 rings (SSSR count). The molecule has 234 valence electrons. The van der Waals surface area contributed by atoms with Gasteiger partial charge in [-0.05, 0) is 61.5 Å². The lowest BCUT2D eigenvalue weighted by molar-refractivity contribution is -0.138. The van der Waals surface area contributed by atoms with Gasteiger partial charge in [0.05, 0.1) is 11.1 Å². The summed E-state index contributed by atoms with van der Waals surface area (Å²) in [4.78, 5) is 30.2. The first-order valence-corrected chi connectivity index (χ1v) is 14.3. The quantitative estimate of drug-likeness (QED) is 0.353. The van der Waals surface area contributed by atoms with Gasteiger partial charge in [0, 0.05) is 75.2 Å². The SMILES string of the molecule is CN/C=C1\C(=N)N=C(c2ccncc2)N=C1Oc1cc(C(=O)Nc2ccc(CN3CCN(C)CC3)c(C(F)(F)F)c2)ccc1C. The third kappa shape index (κ3) is 7.62. The van der Waals surface area contributed by atoms with E-state index in [1.54, 1.807) is 50.6 Å². The first-order valence-electron chi connectivity index (χ1n) is 14.3. The first-order chi connectivity index (χ1) is 21.5. The summed E-state index contributed by atoms with van der Waals surface area (Å²) in [6.45, 7) is 4.90. The highest BCUT2D eigenvalue weighted by molar-refractivity contribution is 6.30. The van der Waals surface area contributed by atoms with Crippen molar-refractivity contribution in [2.45, 2.75) is 19.6 Å². The molecule has 0 spiro atoms. The fourth-order valence-electron chi connectivity index (χ4n) is 4.89. The molecular formula is C32H33F3N8O2. The Kier molecular flexibility index (Phi) is 9.40. The molecule has 3 aromatic rings. The number of rotatable bonds is 7. The summed E-state index contributed by atoms with van der Waals surface area (Å²) in [7, 11) is 3.65.